The van der Waals surface area contributed by atoms with E-state index in [0.717, 1.165) is 62.0 Å². The average Bonchev–Trinajstić information content (AvgIpc) is 2.60. The van der Waals surface area contributed by atoms with Gasteiger partial charge in [-0.1, -0.05) is 12.1 Å². The molecule has 2 aliphatic heterocycles. The predicted molar refractivity (Wildman–Crippen MR) is 97.1 cm³/mol. The van der Waals surface area contributed by atoms with E-state index in [-0.39, 0.29) is 5.82 Å². The number of halogens is 1. The lowest BCUT2D eigenvalue weighted by molar-refractivity contribution is 0.157. The zero-order valence-electron chi connectivity index (χ0n) is 14.0. The summed E-state index contributed by atoms with van der Waals surface area (Å²) in [6.07, 6.45) is 0. The zero-order valence-corrected chi connectivity index (χ0v) is 14.0. The fraction of sp³-hybridized carbons (Fsp3) is 0.368. The maximum Gasteiger partial charge on any atom is 0.125 e. The lowest BCUT2D eigenvalue weighted by atomic mass is 10.1. The van der Waals surface area contributed by atoms with Gasteiger partial charge in [0.15, 0.2) is 0 Å². The standard InChI is InChI=1S/C19H23FN4/c1-22-8-10-23(11-9-22)12-13-24-18-5-3-2-4-16(18)21-17-7-6-15(20)14-19(17)24/h2-7,14,21H,8-13H2,1H3. The van der Waals surface area contributed by atoms with Crippen LogP contribution in [0.1, 0.15) is 0 Å². The van der Waals surface area contributed by atoms with Gasteiger partial charge >= 0.3 is 0 Å². The Morgan fingerprint density at radius 3 is 2.50 bits per heavy atom. The Bertz CT molecular complexity index is 725. The molecule has 2 aliphatic rings. The third-order valence-electron chi connectivity index (χ3n) is 4.95. The van der Waals surface area contributed by atoms with Crippen LogP contribution < -0.4 is 10.2 Å². The zero-order chi connectivity index (χ0) is 16.5. The van der Waals surface area contributed by atoms with Crippen LogP contribution in [0.2, 0.25) is 0 Å². The first-order valence-corrected chi connectivity index (χ1v) is 8.55. The maximum atomic E-state index is 13.8. The summed E-state index contributed by atoms with van der Waals surface area (Å²) >= 11 is 0. The molecule has 0 atom stereocenters. The third kappa shape index (κ3) is 2.97. The van der Waals surface area contributed by atoms with Crippen LogP contribution in [0.15, 0.2) is 42.5 Å². The molecule has 2 heterocycles. The summed E-state index contributed by atoms with van der Waals surface area (Å²) in [5.41, 5.74) is 4.08. The molecule has 0 unspecified atom stereocenters. The first-order valence-electron chi connectivity index (χ1n) is 8.55. The predicted octanol–water partition coefficient (Wildman–Crippen LogP) is 3.27. The summed E-state index contributed by atoms with van der Waals surface area (Å²) in [4.78, 5) is 7.09. The van der Waals surface area contributed by atoms with Gasteiger partial charge < -0.3 is 15.1 Å². The Balaban J connectivity index is 1.58. The number of para-hydroxylation sites is 2. The highest BCUT2D eigenvalue weighted by molar-refractivity contribution is 5.91. The van der Waals surface area contributed by atoms with Gasteiger partial charge in [-0.3, -0.25) is 4.90 Å². The topological polar surface area (TPSA) is 21.8 Å². The van der Waals surface area contributed by atoms with Crippen molar-refractivity contribution < 1.29 is 4.39 Å². The first kappa shape index (κ1) is 15.4. The van der Waals surface area contributed by atoms with Crippen molar-refractivity contribution in [3.05, 3.63) is 48.3 Å². The van der Waals surface area contributed by atoms with E-state index in [4.69, 9.17) is 0 Å². The molecule has 2 aromatic carbocycles. The van der Waals surface area contributed by atoms with E-state index in [2.05, 4.69) is 39.2 Å². The van der Waals surface area contributed by atoms with Gasteiger partial charge in [0.1, 0.15) is 5.82 Å². The highest BCUT2D eigenvalue weighted by atomic mass is 19.1. The maximum absolute atomic E-state index is 13.8. The SMILES string of the molecule is CN1CCN(CCN2c3ccccc3Nc3ccc(F)cc32)CC1. The Morgan fingerprint density at radius 1 is 0.917 bits per heavy atom. The molecule has 4 rings (SSSR count). The minimum absolute atomic E-state index is 0.195. The number of benzene rings is 2. The molecular weight excluding hydrogens is 303 g/mol. The average molecular weight is 326 g/mol. The van der Waals surface area contributed by atoms with E-state index in [0.29, 0.717) is 0 Å². The molecule has 0 radical (unpaired) electrons. The molecule has 1 saturated heterocycles. The van der Waals surface area contributed by atoms with Gasteiger partial charge in [-0.2, -0.15) is 0 Å². The molecule has 1 N–H and O–H groups in total. The summed E-state index contributed by atoms with van der Waals surface area (Å²) in [7, 11) is 2.17. The molecule has 0 bridgehead atoms. The van der Waals surface area contributed by atoms with Crippen LogP contribution in [0.4, 0.5) is 27.1 Å². The summed E-state index contributed by atoms with van der Waals surface area (Å²) in [5.74, 6) is -0.195. The largest absolute Gasteiger partial charge is 0.352 e. The van der Waals surface area contributed by atoms with Crippen molar-refractivity contribution in [2.45, 2.75) is 0 Å². The van der Waals surface area contributed by atoms with Crippen molar-refractivity contribution >= 4 is 22.7 Å². The van der Waals surface area contributed by atoms with Crippen LogP contribution in [0.3, 0.4) is 0 Å². The van der Waals surface area contributed by atoms with Gasteiger partial charge in [0, 0.05) is 39.3 Å². The van der Waals surface area contributed by atoms with Crippen molar-refractivity contribution in [3.63, 3.8) is 0 Å². The van der Waals surface area contributed by atoms with Crippen molar-refractivity contribution in [3.8, 4) is 0 Å². The summed E-state index contributed by atoms with van der Waals surface area (Å²) in [6, 6.07) is 13.2. The summed E-state index contributed by atoms with van der Waals surface area (Å²) in [6.45, 7) is 6.27. The normalized spacial score (nSPS) is 18.0. The second kappa shape index (κ2) is 6.42. The Kier molecular flexibility index (Phi) is 4.12. The van der Waals surface area contributed by atoms with Crippen LogP contribution in [0.25, 0.3) is 0 Å². The quantitative estimate of drug-likeness (QED) is 0.934. The number of rotatable bonds is 3. The molecular formula is C19H23FN4. The van der Waals surface area contributed by atoms with Crippen molar-refractivity contribution in [1.82, 2.24) is 9.80 Å². The molecule has 126 valence electrons. The smallest absolute Gasteiger partial charge is 0.125 e. The van der Waals surface area contributed by atoms with Gasteiger partial charge in [0.05, 0.1) is 22.7 Å². The fourth-order valence-electron chi connectivity index (χ4n) is 3.48. The Hall–Kier alpha value is -2.11. The summed E-state index contributed by atoms with van der Waals surface area (Å²) in [5, 5.41) is 3.41. The minimum Gasteiger partial charge on any atom is -0.352 e. The van der Waals surface area contributed by atoms with Crippen LogP contribution in [-0.2, 0) is 0 Å². The monoisotopic (exact) mass is 326 g/mol. The van der Waals surface area contributed by atoms with Crippen molar-refractivity contribution in [1.29, 1.82) is 0 Å². The number of likely N-dealkylation sites (N-methyl/N-ethyl adjacent to an activating group) is 1. The van der Waals surface area contributed by atoms with E-state index in [1.54, 1.807) is 6.07 Å². The van der Waals surface area contributed by atoms with Gasteiger partial charge in [-0.05, 0) is 37.4 Å². The van der Waals surface area contributed by atoms with Gasteiger partial charge in [0.2, 0.25) is 0 Å². The van der Waals surface area contributed by atoms with E-state index >= 15 is 0 Å². The summed E-state index contributed by atoms with van der Waals surface area (Å²) < 4.78 is 13.8. The minimum atomic E-state index is -0.195. The number of hydrogen-bond acceptors (Lipinski definition) is 4. The van der Waals surface area contributed by atoms with E-state index in [9.17, 15) is 4.39 Å². The molecule has 0 aromatic heterocycles. The van der Waals surface area contributed by atoms with Crippen LogP contribution >= 0.6 is 0 Å². The third-order valence-corrected chi connectivity index (χ3v) is 4.95. The molecule has 0 spiro atoms. The molecule has 24 heavy (non-hydrogen) atoms. The van der Waals surface area contributed by atoms with Crippen molar-refractivity contribution in [2.24, 2.45) is 0 Å². The second-order valence-corrected chi connectivity index (χ2v) is 6.60. The van der Waals surface area contributed by atoms with Gasteiger partial charge in [0.25, 0.3) is 0 Å². The van der Waals surface area contributed by atoms with Crippen LogP contribution in [0, 0.1) is 5.82 Å². The van der Waals surface area contributed by atoms with Crippen LogP contribution in [0.5, 0.6) is 0 Å². The number of fused-ring (bicyclic) bond motifs is 2. The Morgan fingerprint density at radius 2 is 1.67 bits per heavy atom. The highest BCUT2D eigenvalue weighted by Crippen LogP contribution is 2.43. The number of piperazine rings is 1. The molecule has 0 amide bonds. The Labute approximate surface area is 142 Å². The van der Waals surface area contributed by atoms with E-state index in [1.165, 1.54) is 6.07 Å². The number of anilines is 4. The fourth-order valence-corrected chi connectivity index (χ4v) is 3.48. The number of nitrogens with one attached hydrogen (secondary N) is 1. The van der Waals surface area contributed by atoms with Crippen LogP contribution in [-0.4, -0.2) is 56.1 Å². The molecule has 0 saturated carbocycles. The number of hydrogen-bond donors (Lipinski definition) is 1. The molecule has 1 fully saturated rings. The van der Waals surface area contributed by atoms with E-state index < -0.39 is 0 Å². The number of nitrogens with zero attached hydrogens (tertiary/aromatic N) is 3. The van der Waals surface area contributed by atoms with E-state index in [1.807, 2.05) is 18.2 Å². The lowest BCUT2D eigenvalue weighted by Crippen LogP contribution is -2.46. The second-order valence-electron chi connectivity index (χ2n) is 6.60. The molecule has 5 heteroatoms. The van der Waals surface area contributed by atoms with Gasteiger partial charge in [-0.25, -0.2) is 4.39 Å². The molecule has 2 aromatic rings. The van der Waals surface area contributed by atoms with Crippen molar-refractivity contribution in [2.75, 3.05) is 56.5 Å². The van der Waals surface area contributed by atoms with Gasteiger partial charge in [-0.15, -0.1) is 0 Å². The lowest BCUT2D eigenvalue weighted by Gasteiger charge is -2.37. The molecule has 4 nitrogen and oxygen atoms in total. The first-order chi connectivity index (χ1) is 11.7. The molecule has 0 aliphatic carbocycles. The highest BCUT2D eigenvalue weighted by Gasteiger charge is 2.23.